The molecule has 0 unspecified atom stereocenters. The molecular formula is C21H22N4O. The number of nitrogens with zero attached hydrogens (tertiary/aromatic N) is 2. The maximum atomic E-state index is 12.4. The Morgan fingerprint density at radius 1 is 0.962 bits per heavy atom. The van der Waals surface area contributed by atoms with Crippen molar-refractivity contribution < 1.29 is 4.79 Å². The van der Waals surface area contributed by atoms with Gasteiger partial charge < -0.3 is 10.6 Å². The van der Waals surface area contributed by atoms with Crippen molar-refractivity contribution in [1.82, 2.24) is 10.2 Å². The van der Waals surface area contributed by atoms with Crippen LogP contribution in [-0.2, 0) is 13.0 Å². The molecule has 26 heavy (non-hydrogen) atoms. The Balaban J connectivity index is 1.61. The first-order chi connectivity index (χ1) is 12.7. The lowest BCUT2D eigenvalue weighted by Gasteiger charge is -2.09. The van der Waals surface area contributed by atoms with Crippen molar-refractivity contribution in [1.29, 1.82) is 0 Å². The fraction of sp³-hybridized carbons (Fsp3) is 0.190. The van der Waals surface area contributed by atoms with Gasteiger partial charge in [-0.1, -0.05) is 55.0 Å². The van der Waals surface area contributed by atoms with Crippen LogP contribution in [0.25, 0.3) is 0 Å². The minimum atomic E-state index is -0.261. The molecule has 0 radical (unpaired) electrons. The maximum absolute atomic E-state index is 12.4. The van der Waals surface area contributed by atoms with Crippen molar-refractivity contribution in [3.8, 4) is 0 Å². The Bertz CT molecular complexity index is 873. The summed E-state index contributed by atoms with van der Waals surface area (Å²) in [5.41, 5.74) is 4.58. The summed E-state index contributed by atoms with van der Waals surface area (Å²) in [6, 6.07) is 19.5. The van der Waals surface area contributed by atoms with Crippen LogP contribution in [0, 0.1) is 6.92 Å². The van der Waals surface area contributed by atoms with Gasteiger partial charge in [-0.15, -0.1) is 10.2 Å². The van der Waals surface area contributed by atoms with Crippen molar-refractivity contribution in [2.24, 2.45) is 0 Å². The molecule has 2 N–H and O–H groups in total. The van der Waals surface area contributed by atoms with E-state index in [0.29, 0.717) is 12.4 Å². The van der Waals surface area contributed by atoms with E-state index in [1.165, 1.54) is 5.56 Å². The van der Waals surface area contributed by atoms with E-state index in [9.17, 15) is 4.79 Å². The molecule has 0 saturated heterocycles. The van der Waals surface area contributed by atoms with Gasteiger partial charge in [0.15, 0.2) is 5.69 Å². The predicted molar refractivity (Wildman–Crippen MR) is 104 cm³/mol. The molecule has 2 aromatic carbocycles. The lowest BCUT2D eigenvalue weighted by Crippen LogP contribution is -2.16. The summed E-state index contributed by atoms with van der Waals surface area (Å²) < 4.78 is 0. The summed E-state index contributed by atoms with van der Waals surface area (Å²) in [6.45, 7) is 4.77. The standard InChI is InChI=1S/C21H22N4O/c1-3-17-6-4-5-7-18(17)23-21(26)19-12-13-20(25-24-19)22-14-16-10-8-15(2)9-11-16/h4-13H,3,14H2,1-2H3,(H,22,25)(H,23,26). The number of benzene rings is 2. The molecule has 0 aliphatic rings. The SMILES string of the molecule is CCc1ccccc1NC(=O)c1ccc(NCc2ccc(C)cc2)nn1. The van der Waals surface area contributed by atoms with Gasteiger partial charge in [-0.3, -0.25) is 4.79 Å². The van der Waals surface area contributed by atoms with Crippen LogP contribution in [0.4, 0.5) is 11.5 Å². The van der Waals surface area contributed by atoms with Gasteiger partial charge in [0.25, 0.3) is 5.91 Å². The first-order valence-electron chi connectivity index (χ1n) is 8.68. The maximum Gasteiger partial charge on any atom is 0.276 e. The molecule has 5 heteroatoms. The van der Waals surface area contributed by atoms with E-state index in [1.807, 2.05) is 24.3 Å². The van der Waals surface area contributed by atoms with Gasteiger partial charge in [0.2, 0.25) is 0 Å². The van der Waals surface area contributed by atoms with Crippen LogP contribution < -0.4 is 10.6 Å². The topological polar surface area (TPSA) is 66.9 Å². The van der Waals surface area contributed by atoms with Crippen LogP contribution >= 0.6 is 0 Å². The molecule has 3 rings (SSSR count). The number of aryl methyl sites for hydroxylation is 2. The van der Waals surface area contributed by atoms with E-state index >= 15 is 0 Å². The molecule has 0 saturated carbocycles. The third-order valence-electron chi connectivity index (χ3n) is 4.14. The van der Waals surface area contributed by atoms with Crippen molar-refractivity contribution in [3.63, 3.8) is 0 Å². The Labute approximate surface area is 153 Å². The van der Waals surface area contributed by atoms with Crippen molar-refractivity contribution >= 4 is 17.4 Å². The fourth-order valence-electron chi connectivity index (χ4n) is 2.58. The molecule has 3 aromatic rings. The van der Waals surface area contributed by atoms with Crippen molar-refractivity contribution in [3.05, 3.63) is 83.0 Å². The van der Waals surface area contributed by atoms with Crippen LogP contribution in [0.3, 0.4) is 0 Å². The highest BCUT2D eigenvalue weighted by Gasteiger charge is 2.10. The summed E-state index contributed by atoms with van der Waals surface area (Å²) in [6.07, 6.45) is 0.851. The second-order valence-corrected chi connectivity index (χ2v) is 6.11. The summed E-state index contributed by atoms with van der Waals surface area (Å²) >= 11 is 0. The highest BCUT2D eigenvalue weighted by Crippen LogP contribution is 2.16. The van der Waals surface area contributed by atoms with Crippen LogP contribution in [-0.4, -0.2) is 16.1 Å². The number of hydrogen-bond acceptors (Lipinski definition) is 4. The Morgan fingerprint density at radius 2 is 1.73 bits per heavy atom. The fourth-order valence-corrected chi connectivity index (χ4v) is 2.58. The molecule has 0 spiro atoms. The van der Waals surface area contributed by atoms with Crippen LogP contribution in [0.1, 0.15) is 34.1 Å². The quantitative estimate of drug-likeness (QED) is 0.701. The number of nitrogens with one attached hydrogen (secondary N) is 2. The van der Waals surface area contributed by atoms with Crippen molar-refractivity contribution in [2.75, 3.05) is 10.6 Å². The normalized spacial score (nSPS) is 10.4. The van der Waals surface area contributed by atoms with E-state index in [2.05, 4.69) is 58.9 Å². The van der Waals surface area contributed by atoms with E-state index in [0.717, 1.165) is 23.2 Å². The molecule has 0 fully saturated rings. The summed E-state index contributed by atoms with van der Waals surface area (Å²) in [5.74, 6) is 0.375. The lowest BCUT2D eigenvalue weighted by atomic mass is 10.1. The average molecular weight is 346 g/mol. The predicted octanol–water partition coefficient (Wildman–Crippen LogP) is 4.21. The smallest absolute Gasteiger partial charge is 0.276 e. The van der Waals surface area contributed by atoms with E-state index in [1.54, 1.807) is 12.1 Å². The van der Waals surface area contributed by atoms with Gasteiger partial charge >= 0.3 is 0 Å². The zero-order valence-electron chi connectivity index (χ0n) is 15.0. The van der Waals surface area contributed by atoms with Gasteiger partial charge in [0.1, 0.15) is 5.82 Å². The monoisotopic (exact) mass is 346 g/mol. The number of carbonyl (C=O) groups is 1. The number of hydrogen-bond donors (Lipinski definition) is 2. The highest BCUT2D eigenvalue weighted by molar-refractivity contribution is 6.03. The van der Waals surface area contributed by atoms with Gasteiger partial charge in [-0.2, -0.15) is 0 Å². The molecule has 0 aliphatic carbocycles. The number of aromatic nitrogens is 2. The Kier molecular flexibility index (Phi) is 5.59. The molecule has 0 bridgehead atoms. The van der Waals surface area contributed by atoms with Crippen molar-refractivity contribution in [2.45, 2.75) is 26.8 Å². The first-order valence-corrected chi connectivity index (χ1v) is 8.68. The third kappa shape index (κ3) is 4.45. The second-order valence-electron chi connectivity index (χ2n) is 6.11. The zero-order chi connectivity index (χ0) is 18.4. The number of amides is 1. The van der Waals surface area contributed by atoms with E-state index in [-0.39, 0.29) is 11.6 Å². The summed E-state index contributed by atoms with van der Waals surface area (Å²) in [7, 11) is 0. The minimum absolute atomic E-state index is 0.261. The lowest BCUT2D eigenvalue weighted by molar-refractivity contribution is 0.102. The van der Waals surface area contributed by atoms with Crippen LogP contribution in [0.2, 0.25) is 0 Å². The average Bonchev–Trinajstić information content (AvgIpc) is 2.68. The van der Waals surface area contributed by atoms with Gasteiger partial charge in [0.05, 0.1) is 0 Å². The molecular weight excluding hydrogens is 324 g/mol. The van der Waals surface area contributed by atoms with E-state index in [4.69, 9.17) is 0 Å². The van der Waals surface area contributed by atoms with Crippen LogP contribution in [0.15, 0.2) is 60.7 Å². The minimum Gasteiger partial charge on any atom is -0.365 e. The zero-order valence-corrected chi connectivity index (χ0v) is 15.0. The Morgan fingerprint density at radius 3 is 2.42 bits per heavy atom. The van der Waals surface area contributed by atoms with Gasteiger partial charge in [0, 0.05) is 12.2 Å². The number of anilines is 2. The molecule has 132 valence electrons. The number of carbonyl (C=O) groups excluding carboxylic acids is 1. The first kappa shape index (κ1) is 17.6. The summed E-state index contributed by atoms with van der Waals surface area (Å²) in [4.78, 5) is 12.4. The van der Waals surface area contributed by atoms with Crippen LogP contribution in [0.5, 0.6) is 0 Å². The molecule has 0 atom stereocenters. The molecule has 1 heterocycles. The molecule has 0 aliphatic heterocycles. The summed E-state index contributed by atoms with van der Waals surface area (Å²) in [5, 5.41) is 14.2. The van der Waals surface area contributed by atoms with E-state index < -0.39 is 0 Å². The molecule has 1 aromatic heterocycles. The largest absolute Gasteiger partial charge is 0.365 e. The Hall–Kier alpha value is -3.21. The van der Waals surface area contributed by atoms with Gasteiger partial charge in [-0.25, -0.2) is 0 Å². The molecule has 5 nitrogen and oxygen atoms in total. The number of rotatable bonds is 6. The number of para-hydroxylation sites is 1. The highest BCUT2D eigenvalue weighted by atomic mass is 16.1. The van der Waals surface area contributed by atoms with Gasteiger partial charge in [-0.05, 0) is 42.7 Å². The molecule has 1 amide bonds. The third-order valence-corrected chi connectivity index (χ3v) is 4.14. The second kappa shape index (κ2) is 8.25.